The van der Waals surface area contributed by atoms with Gasteiger partial charge >= 0.3 is 5.97 Å². The second-order valence-electron chi connectivity index (χ2n) is 5.39. The predicted octanol–water partition coefficient (Wildman–Crippen LogP) is 3.36. The van der Waals surface area contributed by atoms with Gasteiger partial charge in [-0.2, -0.15) is 0 Å². The van der Waals surface area contributed by atoms with Crippen molar-refractivity contribution in [2.24, 2.45) is 0 Å². The van der Waals surface area contributed by atoms with Gasteiger partial charge in [0.25, 0.3) is 5.69 Å². The molecule has 0 spiro atoms. The number of ether oxygens (including phenoxy) is 4. The Labute approximate surface area is 161 Å². The Morgan fingerprint density at radius 2 is 1.71 bits per heavy atom. The molecule has 2 rings (SSSR count). The Morgan fingerprint density at radius 1 is 1.07 bits per heavy atom. The number of carbonyl (C=O) groups excluding carboxylic acids is 1. The molecule has 0 atom stereocenters. The molecule has 9 heteroatoms. The van der Waals surface area contributed by atoms with Gasteiger partial charge in [0.2, 0.25) is 0 Å². The first-order valence-corrected chi connectivity index (χ1v) is 8.24. The summed E-state index contributed by atoms with van der Waals surface area (Å²) in [6.07, 6.45) is 4.27. The highest BCUT2D eigenvalue weighted by molar-refractivity contribution is 5.94. The number of esters is 1. The second kappa shape index (κ2) is 9.36. The first kappa shape index (κ1) is 20.7. The molecule has 0 amide bonds. The van der Waals surface area contributed by atoms with E-state index in [1.165, 1.54) is 21.3 Å². The van der Waals surface area contributed by atoms with Crippen molar-refractivity contribution in [3.05, 3.63) is 51.3 Å². The zero-order chi connectivity index (χ0) is 20.7. The fourth-order valence-electron chi connectivity index (χ4n) is 2.42. The molecule has 0 saturated heterocycles. The van der Waals surface area contributed by atoms with E-state index >= 15 is 0 Å². The van der Waals surface area contributed by atoms with Crippen molar-refractivity contribution in [1.82, 2.24) is 4.98 Å². The van der Waals surface area contributed by atoms with E-state index in [2.05, 4.69) is 4.98 Å². The van der Waals surface area contributed by atoms with Gasteiger partial charge in [0.15, 0.2) is 11.5 Å². The molecule has 0 fully saturated rings. The standard InChI is InChI=1S/C19H20N2O7/c1-5-28-19(22)14-9-13(21(23)24)11-20-15(14)7-6-12-8-17(26-3)18(27-4)10-16(12)25-2/h6-11H,5H2,1-4H3/b7-6+. The van der Waals surface area contributed by atoms with Crippen LogP contribution in [0.2, 0.25) is 0 Å². The van der Waals surface area contributed by atoms with E-state index in [0.717, 1.165) is 12.3 Å². The molecule has 1 heterocycles. The number of nitrogens with zero attached hydrogens (tertiary/aromatic N) is 2. The molecule has 0 aliphatic rings. The van der Waals surface area contributed by atoms with Crippen LogP contribution in [-0.2, 0) is 4.74 Å². The lowest BCUT2D eigenvalue weighted by Crippen LogP contribution is -2.08. The lowest BCUT2D eigenvalue weighted by atomic mass is 10.1. The van der Waals surface area contributed by atoms with E-state index in [9.17, 15) is 14.9 Å². The molecular formula is C19H20N2O7. The van der Waals surface area contributed by atoms with Crippen molar-refractivity contribution in [3.8, 4) is 17.2 Å². The monoisotopic (exact) mass is 388 g/mol. The number of rotatable bonds is 8. The Hall–Kier alpha value is -3.62. The molecule has 0 aliphatic carbocycles. The Balaban J connectivity index is 2.51. The first-order valence-electron chi connectivity index (χ1n) is 8.24. The Bertz CT molecular complexity index is 909. The van der Waals surface area contributed by atoms with E-state index in [4.69, 9.17) is 18.9 Å². The van der Waals surface area contributed by atoms with Crippen LogP contribution in [-0.4, -0.2) is 43.8 Å². The van der Waals surface area contributed by atoms with Gasteiger partial charge < -0.3 is 18.9 Å². The minimum absolute atomic E-state index is 0.00764. The third-order valence-corrected chi connectivity index (χ3v) is 3.77. The molecule has 0 bridgehead atoms. The summed E-state index contributed by atoms with van der Waals surface area (Å²) >= 11 is 0. The minimum Gasteiger partial charge on any atom is -0.496 e. The predicted molar refractivity (Wildman–Crippen MR) is 102 cm³/mol. The third kappa shape index (κ3) is 4.56. The van der Waals surface area contributed by atoms with Gasteiger partial charge in [-0.25, -0.2) is 9.78 Å². The van der Waals surface area contributed by atoms with Crippen molar-refractivity contribution >= 4 is 23.8 Å². The van der Waals surface area contributed by atoms with Crippen LogP contribution < -0.4 is 14.2 Å². The molecule has 0 unspecified atom stereocenters. The van der Waals surface area contributed by atoms with Crippen LogP contribution in [0.15, 0.2) is 24.4 Å². The zero-order valence-corrected chi connectivity index (χ0v) is 15.9. The lowest BCUT2D eigenvalue weighted by molar-refractivity contribution is -0.385. The van der Waals surface area contributed by atoms with Gasteiger partial charge in [0, 0.05) is 17.7 Å². The summed E-state index contributed by atoms with van der Waals surface area (Å²) in [7, 11) is 4.53. The number of hydrogen-bond donors (Lipinski definition) is 0. The maximum Gasteiger partial charge on any atom is 0.340 e. The summed E-state index contributed by atoms with van der Waals surface area (Å²) in [4.78, 5) is 26.6. The Morgan fingerprint density at radius 3 is 2.29 bits per heavy atom. The molecule has 1 aromatic carbocycles. The van der Waals surface area contributed by atoms with Gasteiger partial charge in [-0.3, -0.25) is 10.1 Å². The zero-order valence-electron chi connectivity index (χ0n) is 15.9. The summed E-state index contributed by atoms with van der Waals surface area (Å²) < 4.78 is 20.9. The highest BCUT2D eigenvalue weighted by Crippen LogP contribution is 2.35. The largest absolute Gasteiger partial charge is 0.496 e. The number of pyridine rings is 1. The number of benzene rings is 1. The molecule has 2 aromatic rings. The molecule has 1 aromatic heterocycles. The van der Waals surface area contributed by atoms with Crippen molar-refractivity contribution in [2.45, 2.75) is 6.92 Å². The van der Waals surface area contributed by atoms with Gasteiger partial charge in [0.1, 0.15) is 11.9 Å². The van der Waals surface area contributed by atoms with Crippen LogP contribution in [0.5, 0.6) is 17.2 Å². The van der Waals surface area contributed by atoms with Crippen LogP contribution in [0.4, 0.5) is 5.69 Å². The molecule has 0 radical (unpaired) electrons. The van der Waals surface area contributed by atoms with Crippen LogP contribution in [0.3, 0.4) is 0 Å². The maximum absolute atomic E-state index is 12.2. The van der Waals surface area contributed by atoms with Gasteiger partial charge in [-0.15, -0.1) is 0 Å². The SMILES string of the molecule is CCOC(=O)c1cc([N+](=O)[O-])cnc1/C=C/c1cc(OC)c(OC)cc1OC. The fraction of sp³-hybridized carbons (Fsp3) is 0.263. The van der Waals surface area contributed by atoms with Crippen LogP contribution in [0, 0.1) is 10.1 Å². The number of aromatic nitrogens is 1. The van der Waals surface area contributed by atoms with Crippen molar-refractivity contribution in [1.29, 1.82) is 0 Å². The molecular weight excluding hydrogens is 368 g/mol. The molecule has 0 N–H and O–H groups in total. The Kier molecular flexibility index (Phi) is 6.91. The second-order valence-corrected chi connectivity index (χ2v) is 5.39. The third-order valence-electron chi connectivity index (χ3n) is 3.77. The molecule has 28 heavy (non-hydrogen) atoms. The molecule has 9 nitrogen and oxygen atoms in total. The average Bonchev–Trinajstić information content (AvgIpc) is 2.71. The summed E-state index contributed by atoms with van der Waals surface area (Å²) in [6.45, 7) is 1.78. The molecule has 148 valence electrons. The van der Waals surface area contributed by atoms with Crippen LogP contribution in [0.25, 0.3) is 12.2 Å². The normalized spacial score (nSPS) is 10.6. The van der Waals surface area contributed by atoms with E-state index in [0.29, 0.717) is 22.8 Å². The summed E-state index contributed by atoms with van der Waals surface area (Å²) in [5.74, 6) is 0.800. The van der Waals surface area contributed by atoms with Gasteiger partial charge in [-0.1, -0.05) is 0 Å². The van der Waals surface area contributed by atoms with Crippen molar-refractivity contribution in [2.75, 3.05) is 27.9 Å². The van der Waals surface area contributed by atoms with Gasteiger partial charge in [0.05, 0.1) is 44.1 Å². The quantitative estimate of drug-likeness (QED) is 0.385. The molecule has 0 aliphatic heterocycles. The summed E-state index contributed by atoms with van der Waals surface area (Å²) in [5, 5.41) is 11.0. The number of nitro groups is 1. The number of hydrogen-bond acceptors (Lipinski definition) is 8. The van der Waals surface area contributed by atoms with Crippen LogP contribution >= 0.6 is 0 Å². The van der Waals surface area contributed by atoms with Crippen molar-refractivity contribution < 1.29 is 28.7 Å². The minimum atomic E-state index is -0.697. The van der Waals surface area contributed by atoms with E-state index in [1.807, 2.05) is 0 Å². The smallest absolute Gasteiger partial charge is 0.340 e. The number of methoxy groups -OCH3 is 3. The maximum atomic E-state index is 12.2. The average molecular weight is 388 g/mol. The van der Waals surface area contributed by atoms with E-state index in [-0.39, 0.29) is 23.6 Å². The highest BCUT2D eigenvalue weighted by Gasteiger charge is 2.18. The summed E-state index contributed by atoms with van der Waals surface area (Å²) in [6, 6.07) is 4.49. The highest BCUT2D eigenvalue weighted by atomic mass is 16.6. The number of carbonyl (C=O) groups is 1. The van der Waals surface area contributed by atoms with Crippen LogP contribution in [0.1, 0.15) is 28.5 Å². The summed E-state index contributed by atoms with van der Waals surface area (Å²) in [5.41, 5.74) is 0.548. The first-order chi connectivity index (χ1) is 13.4. The molecule has 0 saturated carbocycles. The van der Waals surface area contributed by atoms with E-state index < -0.39 is 10.9 Å². The van der Waals surface area contributed by atoms with Gasteiger partial charge in [-0.05, 0) is 25.1 Å². The topological polar surface area (TPSA) is 110 Å². The van der Waals surface area contributed by atoms with Crippen molar-refractivity contribution in [3.63, 3.8) is 0 Å². The van der Waals surface area contributed by atoms with E-state index in [1.54, 1.807) is 31.2 Å². The lowest BCUT2D eigenvalue weighted by Gasteiger charge is -2.12. The fourth-order valence-corrected chi connectivity index (χ4v) is 2.42.